The van der Waals surface area contributed by atoms with Crippen LogP contribution in [0.5, 0.6) is 0 Å². The first-order chi connectivity index (χ1) is 9.15. The molecule has 0 radical (unpaired) electrons. The van der Waals surface area contributed by atoms with Gasteiger partial charge in [0.2, 0.25) is 5.91 Å². The van der Waals surface area contributed by atoms with E-state index in [0.717, 1.165) is 51.4 Å². The second-order valence-corrected chi connectivity index (χ2v) is 5.89. The fourth-order valence-corrected chi connectivity index (χ4v) is 3.08. The Balaban J connectivity index is 2.48. The van der Waals surface area contributed by atoms with E-state index in [1.54, 1.807) is 14.0 Å². The predicted octanol–water partition coefficient (Wildman–Crippen LogP) is 3.47. The molecule has 0 spiro atoms. The van der Waals surface area contributed by atoms with Crippen LogP contribution in [0.1, 0.15) is 71.1 Å². The second kappa shape index (κ2) is 9.11. The minimum Gasteiger partial charge on any atom is -0.359 e. The summed E-state index contributed by atoms with van der Waals surface area (Å²) in [5.41, 5.74) is 0. The van der Waals surface area contributed by atoms with Gasteiger partial charge >= 0.3 is 0 Å². The average molecular weight is 267 g/mol. The van der Waals surface area contributed by atoms with Crippen LogP contribution >= 0.6 is 0 Å². The van der Waals surface area contributed by atoms with Crippen LogP contribution in [0, 0.1) is 11.8 Å². The maximum Gasteiger partial charge on any atom is 0.222 e. The largest absolute Gasteiger partial charge is 0.359 e. The van der Waals surface area contributed by atoms with Gasteiger partial charge in [-0.2, -0.15) is 0 Å². The quantitative estimate of drug-likeness (QED) is 0.832. The average Bonchev–Trinajstić information content (AvgIpc) is 2.38. The highest BCUT2D eigenvalue weighted by Crippen LogP contribution is 2.24. The van der Waals surface area contributed by atoms with Gasteiger partial charge in [-0.1, -0.05) is 38.5 Å². The number of Topliss-reactive ketones (excluding diaryl/α,β-unsaturated/α-hetero) is 1. The smallest absolute Gasteiger partial charge is 0.222 e. The Labute approximate surface area is 117 Å². The van der Waals surface area contributed by atoms with Crippen molar-refractivity contribution in [3.05, 3.63) is 0 Å². The van der Waals surface area contributed by atoms with Crippen molar-refractivity contribution in [2.75, 3.05) is 7.05 Å². The Morgan fingerprint density at radius 1 is 0.789 bits per heavy atom. The SMILES string of the molecule is CNC(=O)C1CCCCCCC(C(C)=O)CCCC1. The molecule has 0 aromatic heterocycles. The zero-order valence-corrected chi connectivity index (χ0v) is 12.5. The van der Waals surface area contributed by atoms with E-state index in [4.69, 9.17) is 0 Å². The molecular formula is C16H29NO2. The third kappa shape index (κ3) is 6.22. The summed E-state index contributed by atoms with van der Waals surface area (Å²) in [6.45, 7) is 1.73. The van der Waals surface area contributed by atoms with E-state index >= 15 is 0 Å². The van der Waals surface area contributed by atoms with E-state index in [2.05, 4.69) is 5.32 Å². The van der Waals surface area contributed by atoms with Crippen molar-refractivity contribution < 1.29 is 9.59 Å². The van der Waals surface area contributed by atoms with Crippen LogP contribution in [0.3, 0.4) is 0 Å². The Morgan fingerprint density at radius 3 is 1.63 bits per heavy atom. The fraction of sp³-hybridized carbons (Fsp3) is 0.875. The molecule has 0 bridgehead atoms. The molecule has 1 aliphatic carbocycles. The van der Waals surface area contributed by atoms with Gasteiger partial charge in [0.25, 0.3) is 0 Å². The first kappa shape index (κ1) is 16.2. The molecule has 1 aliphatic rings. The number of carbonyl (C=O) groups excluding carboxylic acids is 2. The van der Waals surface area contributed by atoms with Crippen molar-refractivity contribution in [2.45, 2.75) is 71.1 Å². The molecule has 1 amide bonds. The predicted molar refractivity (Wildman–Crippen MR) is 77.9 cm³/mol. The van der Waals surface area contributed by atoms with E-state index in [1.165, 1.54) is 12.8 Å². The minimum absolute atomic E-state index is 0.181. The number of rotatable bonds is 2. The molecule has 1 saturated carbocycles. The molecule has 0 aromatic rings. The summed E-state index contributed by atoms with van der Waals surface area (Å²) >= 11 is 0. The standard InChI is InChI=1S/C16H29NO2/c1-13(18)14-9-5-3-4-6-11-15(16(19)17-2)12-8-7-10-14/h14-15H,3-12H2,1-2H3,(H,17,19). The maximum absolute atomic E-state index is 11.8. The van der Waals surface area contributed by atoms with Crippen LogP contribution in [0.25, 0.3) is 0 Å². The van der Waals surface area contributed by atoms with Crippen LogP contribution in [-0.4, -0.2) is 18.7 Å². The number of hydrogen-bond donors (Lipinski definition) is 1. The molecule has 19 heavy (non-hydrogen) atoms. The third-order valence-electron chi connectivity index (χ3n) is 4.40. The lowest BCUT2D eigenvalue weighted by atomic mass is 9.87. The Kier molecular flexibility index (Phi) is 7.76. The van der Waals surface area contributed by atoms with Gasteiger partial charge in [-0.05, 0) is 32.6 Å². The van der Waals surface area contributed by atoms with Crippen molar-refractivity contribution in [3.8, 4) is 0 Å². The van der Waals surface area contributed by atoms with Gasteiger partial charge in [-0.25, -0.2) is 0 Å². The summed E-state index contributed by atoms with van der Waals surface area (Å²) in [6.07, 6.45) is 10.9. The first-order valence-corrected chi connectivity index (χ1v) is 7.87. The molecule has 0 saturated heterocycles. The van der Waals surface area contributed by atoms with E-state index in [9.17, 15) is 9.59 Å². The van der Waals surface area contributed by atoms with Gasteiger partial charge in [0, 0.05) is 18.9 Å². The number of ketones is 1. The molecule has 3 heteroatoms. The summed E-state index contributed by atoms with van der Waals surface area (Å²) in [6, 6.07) is 0. The van der Waals surface area contributed by atoms with Crippen molar-refractivity contribution in [3.63, 3.8) is 0 Å². The van der Waals surface area contributed by atoms with Gasteiger partial charge in [0.15, 0.2) is 0 Å². The molecule has 1 rings (SSSR count). The molecule has 0 aromatic carbocycles. The van der Waals surface area contributed by atoms with Crippen molar-refractivity contribution >= 4 is 11.7 Å². The van der Waals surface area contributed by atoms with Gasteiger partial charge < -0.3 is 5.32 Å². The number of nitrogens with one attached hydrogen (secondary N) is 1. The lowest BCUT2D eigenvalue weighted by Gasteiger charge is -2.18. The monoisotopic (exact) mass is 267 g/mol. The lowest BCUT2D eigenvalue weighted by Crippen LogP contribution is -2.27. The van der Waals surface area contributed by atoms with Crippen LogP contribution in [0.2, 0.25) is 0 Å². The molecule has 1 N–H and O–H groups in total. The Morgan fingerprint density at radius 2 is 1.21 bits per heavy atom. The molecule has 110 valence electrons. The highest BCUT2D eigenvalue weighted by molar-refractivity contribution is 5.78. The topological polar surface area (TPSA) is 46.2 Å². The van der Waals surface area contributed by atoms with Crippen LogP contribution in [0.15, 0.2) is 0 Å². The summed E-state index contributed by atoms with van der Waals surface area (Å²) in [5, 5.41) is 2.78. The van der Waals surface area contributed by atoms with Gasteiger partial charge in [-0.3, -0.25) is 9.59 Å². The second-order valence-electron chi connectivity index (χ2n) is 5.89. The first-order valence-electron chi connectivity index (χ1n) is 7.87. The van der Waals surface area contributed by atoms with Crippen molar-refractivity contribution in [2.24, 2.45) is 11.8 Å². The lowest BCUT2D eigenvalue weighted by molar-refractivity contribution is -0.125. The summed E-state index contributed by atoms with van der Waals surface area (Å²) < 4.78 is 0. The molecule has 2 atom stereocenters. The highest BCUT2D eigenvalue weighted by atomic mass is 16.1. The fourth-order valence-electron chi connectivity index (χ4n) is 3.08. The number of carbonyl (C=O) groups is 2. The summed E-state index contributed by atoms with van der Waals surface area (Å²) in [7, 11) is 1.73. The minimum atomic E-state index is 0.181. The Bertz CT molecular complexity index is 288. The number of hydrogen-bond acceptors (Lipinski definition) is 2. The molecular weight excluding hydrogens is 238 g/mol. The van der Waals surface area contributed by atoms with E-state index in [-0.39, 0.29) is 17.7 Å². The molecule has 1 fully saturated rings. The summed E-state index contributed by atoms with van der Waals surface area (Å²) in [5.74, 6) is 0.984. The van der Waals surface area contributed by atoms with Gasteiger partial charge in [0.05, 0.1) is 0 Å². The van der Waals surface area contributed by atoms with Crippen molar-refractivity contribution in [1.82, 2.24) is 5.32 Å². The van der Waals surface area contributed by atoms with Crippen molar-refractivity contribution in [1.29, 1.82) is 0 Å². The molecule has 0 heterocycles. The zero-order chi connectivity index (χ0) is 14.1. The van der Waals surface area contributed by atoms with E-state index < -0.39 is 0 Å². The number of amides is 1. The highest BCUT2D eigenvalue weighted by Gasteiger charge is 2.19. The molecule has 0 aliphatic heterocycles. The molecule has 3 nitrogen and oxygen atoms in total. The van der Waals surface area contributed by atoms with Crippen LogP contribution in [-0.2, 0) is 9.59 Å². The third-order valence-corrected chi connectivity index (χ3v) is 4.40. The van der Waals surface area contributed by atoms with Gasteiger partial charge in [0.1, 0.15) is 5.78 Å². The van der Waals surface area contributed by atoms with Gasteiger partial charge in [-0.15, -0.1) is 0 Å². The molecule has 2 unspecified atom stereocenters. The van der Waals surface area contributed by atoms with Crippen LogP contribution in [0.4, 0.5) is 0 Å². The Hall–Kier alpha value is -0.860. The van der Waals surface area contributed by atoms with E-state index in [1.807, 2.05) is 0 Å². The van der Waals surface area contributed by atoms with E-state index in [0.29, 0.717) is 5.78 Å². The van der Waals surface area contributed by atoms with Crippen LogP contribution < -0.4 is 5.32 Å². The zero-order valence-electron chi connectivity index (χ0n) is 12.5. The summed E-state index contributed by atoms with van der Waals surface area (Å²) in [4.78, 5) is 23.4. The maximum atomic E-state index is 11.8. The normalized spacial score (nSPS) is 26.8.